The van der Waals surface area contributed by atoms with Crippen LogP contribution in [0, 0.1) is 5.82 Å². The molecule has 3 aromatic carbocycles. The van der Waals surface area contributed by atoms with Gasteiger partial charge < -0.3 is 13.9 Å². The van der Waals surface area contributed by atoms with E-state index in [0.29, 0.717) is 34.8 Å². The van der Waals surface area contributed by atoms with Gasteiger partial charge in [-0.1, -0.05) is 29.5 Å². The molecule has 0 bridgehead atoms. The van der Waals surface area contributed by atoms with E-state index in [4.69, 9.17) is 13.9 Å². The molecule has 0 radical (unpaired) electrons. The number of para-hydroxylation sites is 1. The number of rotatable bonds is 7. The van der Waals surface area contributed by atoms with E-state index >= 15 is 0 Å². The van der Waals surface area contributed by atoms with Crippen molar-refractivity contribution in [3.05, 3.63) is 113 Å². The topological polar surface area (TPSA) is 79.4 Å². The highest BCUT2D eigenvalue weighted by Gasteiger charge is 2.09. The molecule has 0 aliphatic carbocycles. The third-order valence-corrected chi connectivity index (χ3v) is 4.95. The van der Waals surface area contributed by atoms with Crippen molar-refractivity contribution in [1.82, 2.24) is 15.0 Å². The van der Waals surface area contributed by atoms with E-state index in [0.717, 1.165) is 11.3 Å². The van der Waals surface area contributed by atoms with Crippen LogP contribution >= 0.6 is 0 Å². The standard InChI is InChI=1S/C25H18FN3O4/c26-18-7-5-17(6-8-18)15-31-21-11-9-20(10-12-21)29-14-19(27-28-29)16-32-24-13-25(30)33-23-4-2-1-3-22(23)24/h1-14H,15-16H2. The summed E-state index contributed by atoms with van der Waals surface area (Å²) in [6.45, 7) is 0.489. The Balaban J connectivity index is 1.23. The second kappa shape index (κ2) is 8.96. The van der Waals surface area contributed by atoms with Crippen LogP contribution in [0.25, 0.3) is 16.7 Å². The largest absolute Gasteiger partial charge is 0.489 e. The van der Waals surface area contributed by atoms with Gasteiger partial charge in [0.2, 0.25) is 0 Å². The summed E-state index contributed by atoms with van der Waals surface area (Å²) in [5.41, 5.74) is 2.27. The minimum Gasteiger partial charge on any atom is -0.489 e. The Morgan fingerprint density at radius 3 is 2.52 bits per heavy atom. The van der Waals surface area contributed by atoms with Gasteiger partial charge in [0.1, 0.15) is 41.8 Å². The SMILES string of the molecule is O=c1cc(OCc2cn(-c3ccc(OCc4ccc(F)cc4)cc3)nn2)c2ccccc2o1. The van der Waals surface area contributed by atoms with Crippen molar-refractivity contribution in [2.75, 3.05) is 0 Å². The summed E-state index contributed by atoms with van der Waals surface area (Å²) in [7, 11) is 0. The number of nitrogens with zero attached hydrogens (tertiary/aromatic N) is 3. The Labute approximate surface area is 187 Å². The zero-order chi connectivity index (χ0) is 22.6. The number of benzene rings is 3. The summed E-state index contributed by atoms with van der Waals surface area (Å²) >= 11 is 0. The molecule has 2 aromatic heterocycles. The molecule has 0 unspecified atom stereocenters. The van der Waals surface area contributed by atoms with Gasteiger partial charge in [-0.25, -0.2) is 13.9 Å². The highest BCUT2D eigenvalue weighted by atomic mass is 19.1. The van der Waals surface area contributed by atoms with Gasteiger partial charge in [-0.3, -0.25) is 0 Å². The molecule has 0 atom stereocenters. The molecular weight excluding hydrogens is 425 g/mol. The minimum absolute atomic E-state index is 0.145. The van der Waals surface area contributed by atoms with Crippen molar-refractivity contribution in [3.63, 3.8) is 0 Å². The van der Waals surface area contributed by atoms with Crippen LogP contribution < -0.4 is 15.1 Å². The molecule has 164 valence electrons. The lowest BCUT2D eigenvalue weighted by molar-refractivity contribution is 0.302. The molecule has 33 heavy (non-hydrogen) atoms. The summed E-state index contributed by atoms with van der Waals surface area (Å²) in [5.74, 6) is 0.837. The van der Waals surface area contributed by atoms with E-state index in [1.807, 2.05) is 36.4 Å². The summed E-state index contributed by atoms with van der Waals surface area (Å²) in [5, 5.41) is 8.99. The van der Waals surface area contributed by atoms with Crippen LogP contribution in [-0.2, 0) is 13.2 Å². The van der Waals surface area contributed by atoms with Crippen molar-refractivity contribution in [2.45, 2.75) is 13.2 Å². The zero-order valence-corrected chi connectivity index (χ0v) is 17.3. The Bertz CT molecular complexity index is 1440. The third kappa shape index (κ3) is 4.74. The highest BCUT2D eigenvalue weighted by molar-refractivity contribution is 5.82. The number of fused-ring (bicyclic) bond motifs is 1. The van der Waals surface area contributed by atoms with Crippen molar-refractivity contribution < 1.29 is 18.3 Å². The molecule has 0 aliphatic rings. The fourth-order valence-corrected chi connectivity index (χ4v) is 3.29. The molecule has 0 fully saturated rings. The maximum absolute atomic E-state index is 13.0. The first-order chi connectivity index (χ1) is 16.1. The van der Waals surface area contributed by atoms with Crippen molar-refractivity contribution in [2.24, 2.45) is 0 Å². The smallest absolute Gasteiger partial charge is 0.339 e. The average molecular weight is 443 g/mol. The Kier molecular flexibility index (Phi) is 5.55. The molecule has 7 nitrogen and oxygen atoms in total. The Morgan fingerprint density at radius 1 is 0.909 bits per heavy atom. The molecule has 0 spiro atoms. The summed E-state index contributed by atoms with van der Waals surface area (Å²) < 4.78 is 31.4. The van der Waals surface area contributed by atoms with E-state index in [9.17, 15) is 9.18 Å². The number of ether oxygens (including phenoxy) is 2. The molecule has 5 rings (SSSR count). The van der Waals surface area contributed by atoms with Crippen LogP contribution in [0.5, 0.6) is 11.5 Å². The molecule has 5 aromatic rings. The summed E-state index contributed by atoms with van der Waals surface area (Å²) in [6, 6.07) is 22.0. The first-order valence-electron chi connectivity index (χ1n) is 10.2. The molecule has 0 saturated carbocycles. The van der Waals surface area contributed by atoms with Gasteiger partial charge in [0.25, 0.3) is 0 Å². The van der Waals surface area contributed by atoms with Gasteiger partial charge >= 0.3 is 5.63 Å². The number of hydrogen-bond donors (Lipinski definition) is 0. The van der Waals surface area contributed by atoms with Crippen molar-refractivity contribution >= 4 is 11.0 Å². The Hall–Kier alpha value is -4.46. The van der Waals surface area contributed by atoms with Gasteiger partial charge in [0.05, 0.1) is 23.3 Å². The van der Waals surface area contributed by atoms with Crippen molar-refractivity contribution in [3.8, 4) is 17.2 Å². The lowest BCUT2D eigenvalue weighted by Gasteiger charge is -2.07. The zero-order valence-electron chi connectivity index (χ0n) is 17.3. The maximum Gasteiger partial charge on any atom is 0.339 e. The fourth-order valence-electron chi connectivity index (χ4n) is 3.29. The molecule has 0 amide bonds. The molecule has 0 saturated heterocycles. The normalized spacial score (nSPS) is 10.9. The lowest BCUT2D eigenvalue weighted by Crippen LogP contribution is -2.02. The molecular formula is C25H18FN3O4. The van der Waals surface area contributed by atoms with Crippen molar-refractivity contribution in [1.29, 1.82) is 0 Å². The molecule has 8 heteroatoms. The van der Waals surface area contributed by atoms with Gasteiger partial charge in [-0.15, -0.1) is 5.10 Å². The van der Waals surface area contributed by atoms with E-state index in [2.05, 4.69) is 10.3 Å². The van der Waals surface area contributed by atoms with E-state index in [-0.39, 0.29) is 12.4 Å². The maximum atomic E-state index is 13.0. The fraction of sp³-hybridized carbons (Fsp3) is 0.0800. The van der Waals surface area contributed by atoms with Crippen LogP contribution in [0.3, 0.4) is 0 Å². The van der Waals surface area contributed by atoms with Gasteiger partial charge in [0.15, 0.2) is 0 Å². The predicted octanol–water partition coefficient (Wildman–Crippen LogP) is 4.67. The molecule has 0 aliphatic heterocycles. The van der Waals surface area contributed by atoms with Gasteiger partial charge in [-0.2, -0.15) is 0 Å². The lowest BCUT2D eigenvalue weighted by atomic mass is 10.2. The second-order valence-electron chi connectivity index (χ2n) is 7.28. The number of aromatic nitrogens is 3. The number of hydrogen-bond acceptors (Lipinski definition) is 6. The van der Waals surface area contributed by atoms with Crippen LogP contribution in [0.2, 0.25) is 0 Å². The first-order valence-corrected chi connectivity index (χ1v) is 10.2. The third-order valence-electron chi connectivity index (χ3n) is 4.95. The Morgan fingerprint density at radius 2 is 1.70 bits per heavy atom. The average Bonchev–Trinajstić information content (AvgIpc) is 3.31. The quantitative estimate of drug-likeness (QED) is 0.340. The second-order valence-corrected chi connectivity index (χ2v) is 7.28. The predicted molar refractivity (Wildman–Crippen MR) is 119 cm³/mol. The van der Waals surface area contributed by atoms with Gasteiger partial charge in [-0.05, 0) is 54.1 Å². The van der Waals surface area contributed by atoms with Crippen LogP contribution in [0.4, 0.5) is 4.39 Å². The first kappa shape index (κ1) is 20.4. The van der Waals surface area contributed by atoms with E-state index in [1.165, 1.54) is 18.2 Å². The van der Waals surface area contributed by atoms with Gasteiger partial charge in [0, 0.05) is 0 Å². The van der Waals surface area contributed by atoms with Crippen LogP contribution in [0.1, 0.15) is 11.3 Å². The summed E-state index contributed by atoms with van der Waals surface area (Å²) in [4.78, 5) is 11.8. The monoisotopic (exact) mass is 443 g/mol. The number of halogens is 1. The molecule has 0 N–H and O–H groups in total. The highest BCUT2D eigenvalue weighted by Crippen LogP contribution is 2.24. The van der Waals surface area contributed by atoms with E-state index < -0.39 is 5.63 Å². The molecule has 2 heterocycles. The van der Waals surface area contributed by atoms with E-state index in [1.54, 1.807) is 35.1 Å². The minimum atomic E-state index is -0.478. The van der Waals surface area contributed by atoms with Crippen LogP contribution in [-0.4, -0.2) is 15.0 Å². The summed E-state index contributed by atoms with van der Waals surface area (Å²) in [6.07, 6.45) is 1.75. The van der Waals surface area contributed by atoms with Crippen LogP contribution in [0.15, 0.2) is 94.3 Å².